The predicted octanol–water partition coefficient (Wildman–Crippen LogP) is 4.33. The zero-order valence-electron chi connectivity index (χ0n) is 9.22. The molecule has 0 radical (unpaired) electrons. The Balaban J connectivity index is 1.93. The molecule has 0 spiro atoms. The van der Waals surface area contributed by atoms with Crippen molar-refractivity contribution >= 4 is 11.6 Å². The average molecular weight is 243 g/mol. The number of benzene rings is 1. The van der Waals surface area contributed by atoms with Crippen LogP contribution >= 0.6 is 11.6 Å². The van der Waals surface area contributed by atoms with Crippen molar-refractivity contribution in [2.24, 2.45) is 0 Å². The lowest BCUT2D eigenvalue weighted by molar-refractivity contribution is 0.0156. The van der Waals surface area contributed by atoms with E-state index in [4.69, 9.17) is 16.3 Å². The second-order valence-electron chi connectivity index (χ2n) is 4.27. The Morgan fingerprint density at radius 3 is 2.69 bits per heavy atom. The van der Waals surface area contributed by atoms with Gasteiger partial charge in [-0.25, -0.2) is 4.39 Å². The first-order valence-electron chi connectivity index (χ1n) is 5.82. The molecule has 1 aliphatic carbocycles. The van der Waals surface area contributed by atoms with Gasteiger partial charge in [-0.3, -0.25) is 0 Å². The Morgan fingerprint density at radius 2 is 2.00 bits per heavy atom. The van der Waals surface area contributed by atoms with Crippen LogP contribution in [0.15, 0.2) is 18.2 Å². The summed E-state index contributed by atoms with van der Waals surface area (Å²) in [5.41, 5.74) is 0.481. The third-order valence-corrected chi connectivity index (χ3v) is 3.43. The van der Waals surface area contributed by atoms with Gasteiger partial charge in [-0.05, 0) is 25.0 Å². The summed E-state index contributed by atoms with van der Waals surface area (Å²) in [5, 5.41) is 0.454. The third-order valence-electron chi connectivity index (χ3n) is 3.08. The molecule has 1 aromatic rings. The summed E-state index contributed by atoms with van der Waals surface area (Å²) in [6, 6.07) is 4.73. The molecule has 88 valence electrons. The van der Waals surface area contributed by atoms with E-state index in [9.17, 15) is 4.39 Å². The zero-order valence-corrected chi connectivity index (χ0v) is 9.97. The summed E-state index contributed by atoms with van der Waals surface area (Å²) < 4.78 is 19.1. The van der Waals surface area contributed by atoms with Crippen molar-refractivity contribution in [1.29, 1.82) is 0 Å². The maximum Gasteiger partial charge on any atom is 0.130 e. The molecular formula is C13H16ClFO. The first-order chi connectivity index (χ1) is 7.77. The molecular weight excluding hydrogens is 227 g/mol. The highest BCUT2D eigenvalue weighted by atomic mass is 35.5. The molecule has 0 N–H and O–H groups in total. The SMILES string of the molecule is Fc1cccc(Cl)c1COC1CCCCC1. The Morgan fingerprint density at radius 1 is 1.25 bits per heavy atom. The second-order valence-corrected chi connectivity index (χ2v) is 4.68. The van der Waals surface area contributed by atoms with E-state index in [0.717, 1.165) is 12.8 Å². The number of rotatable bonds is 3. The van der Waals surface area contributed by atoms with Crippen molar-refractivity contribution in [1.82, 2.24) is 0 Å². The van der Waals surface area contributed by atoms with Crippen molar-refractivity contribution in [3.8, 4) is 0 Å². The molecule has 1 aromatic carbocycles. The minimum atomic E-state index is -0.275. The Kier molecular flexibility index (Phi) is 4.19. The van der Waals surface area contributed by atoms with Gasteiger partial charge in [0.1, 0.15) is 5.82 Å². The Bertz CT molecular complexity index is 328. The van der Waals surface area contributed by atoms with Crippen molar-refractivity contribution in [2.45, 2.75) is 44.8 Å². The van der Waals surface area contributed by atoms with Gasteiger partial charge in [0.2, 0.25) is 0 Å². The fraction of sp³-hybridized carbons (Fsp3) is 0.538. The normalized spacial score (nSPS) is 17.6. The van der Waals surface area contributed by atoms with Crippen LogP contribution in [0.25, 0.3) is 0 Å². The highest BCUT2D eigenvalue weighted by Gasteiger charge is 2.15. The summed E-state index contributed by atoms with van der Waals surface area (Å²) >= 11 is 5.93. The summed E-state index contributed by atoms with van der Waals surface area (Å²) in [5.74, 6) is -0.275. The van der Waals surface area contributed by atoms with E-state index >= 15 is 0 Å². The molecule has 0 atom stereocenters. The average Bonchev–Trinajstić information content (AvgIpc) is 2.30. The van der Waals surface area contributed by atoms with Crippen LogP contribution in [0.4, 0.5) is 4.39 Å². The van der Waals surface area contributed by atoms with Gasteiger partial charge in [0, 0.05) is 10.6 Å². The van der Waals surface area contributed by atoms with Crippen LogP contribution in [0.3, 0.4) is 0 Å². The molecule has 1 nitrogen and oxygen atoms in total. The van der Waals surface area contributed by atoms with Crippen molar-refractivity contribution in [3.63, 3.8) is 0 Å². The molecule has 0 heterocycles. The van der Waals surface area contributed by atoms with Crippen molar-refractivity contribution in [3.05, 3.63) is 34.6 Å². The highest BCUT2D eigenvalue weighted by molar-refractivity contribution is 6.31. The molecule has 1 fully saturated rings. The molecule has 0 aliphatic heterocycles. The Hall–Kier alpha value is -0.600. The van der Waals surface area contributed by atoms with E-state index in [2.05, 4.69) is 0 Å². The molecule has 1 saturated carbocycles. The van der Waals surface area contributed by atoms with Gasteiger partial charge in [0.25, 0.3) is 0 Å². The first-order valence-corrected chi connectivity index (χ1v) is 6.19. The van der Waals surface area contributed by atoms with Gasteiger partial charge in [-0.1, -0.05) is 36.9 Å². The fourth-order valence-electron chi connectivity index (χ4n) is 2.10. The standard InChI is InChI=1S/C13H16ClFO/c14-12-7-4-8-13(15)11(12)9-16-10-5-2-1-3-6-10/h4,7-8,10H,1-3,5-6,9H2. The maximum atomic E-state index is 13.4. The van der Waals surface area contributed by atoms with Crippen molar-refractivity contribution < 1.29 is 9.13 Å². The van der Waals surface area contributed by atoms with Gasteiger partial charge >= 0.3 is 0 Å². The van der Waals surface area contributed by atoms with Gasteiger partial charge in [0.05, 0.1) is 12.7 Å². The van der Waals surface area contributed by atoms with Crippen LogP contribution in [0.5, 0.6) is 0 Å². The summed E-state index contributed by atoms with van der Waals surface area (Å²) in [6.45, 7) is 0.288. The molecule has 3 heteroatoms. The molecule has 0 aromatic heterocycles. The molecule has 0 bridgehead atoms. The van der Waals surface area contributed by atoms with E-state index in [1.165, 1.54) is 25.3 Å². The monoisotopic (exact) mass is 242 g/mol. The Labute approximate surface area is 101 Å². The summed E-state index contributed by atoms with van der Waals surface area (Å²) in [4.78, 5) is 0. The minimum Gasteiger partial charge on any atom is -0.373 e. The second kappa shape index (κ2) is 5.65. The lowest BCUT2D eigenvalue weighted by atomic mass is 9.98. The van der Waals surface area contributed by atoms with Gasteiger partial charge < -0.3 is 4.74 Å². The molecule has 1 aliphatic rings. The topological polar surface area (TPSA) is 9.23 Å². The summed E-state index contributed by atoms with van der Waals surface area (Å²) in [6.07, 6.45) is 6.19. The number of hydrogen-bond donors (Lipinski definition) is 0. The van der Waals surface area contributed by atoms with Crippen LogP contribution in [-0.2, 0) is 11.3 Å². The zero-order chi connectivity index (χ0) is 11.4. The van der Waals surface area contributed by atoms with E-state index in [1.807, 2.05) is 0 Å². The van der Waals surface area contributed by atoms with Crippen LogP contribution in [0.2, 0.25) is 5.02 Å². The van der Waals surface area contributed by atoms with Crippen molar-refractivity contribution in [2.75, 3.05) is 0 Å². The molecule has 0 saturated heterocycles. The third kappa shape index (κ3) is 2.96. The highest BCUT2D eigenvalue weighted by Crippen LogP contribution is 2.24. The van der Waals surface area contributed by atoms with E-state index < -0.39 is 0 Å². The lowest BCUT2D eigenvalue weighted by Crippen LogP contribution is -2.16. The molecule has 0 amide bonds. The molecule has 2 rings (SSSR count). The van der Waals surface area contributed by atoms with Gasteiger partial charge in [0.15, 0.2) is 0 Å². The maximum absolute atomic E-state index is 13.4. The summed E-state index contributed by atoms with van der Waals surface area (Å²) in [7, 11) is 0. The van der Waals surface area contributed by atoms with Crippen LogP contribution < -0.4 is 0 Å². The number of hydrogen-bond acceptors (Lipinski definition) is 1. The van der Waals surface area contributed by atoms with Crippen LogP contribution in [0.1, 0.15) is 37.7 Å². The fourth-order valence-corrected chi connectivity index (χ4v) is 2.32. The number of ether oxygens (including phenoxy) is 1. The largest absolute Gasteiger partial charge is 0.373 e. The molecule has 16 heavy (non-hydrogen) atoms. The predicted molar refractivity (Wildman–Crippen MR) is 63.1 cm³/mol. The van der Waals surface area contributed by atoms with E-state index in [1.54, 1.807) is 12.1 Å². The van der Waals surface area contributed by atoms with E-state index in [0.29, 0.717) is 10.6 Å². The van der Waals surface area contributed by atoms with E-state index in [-0.39, 0.29) is 18.5 Å². The molecule has 0 unspecified atom stereocenters. The van der Waals surface area contributed by atoms with Gasteiger partial charge in [-0.2, -0.15) is 0 Å². The van der Waals surface area contributed by atoms with Crippen LogP contribution in [0, 0.1) is 5.82 Å². The minimum absolute atomic E-state index is 0.275. The quantitative estimate of drug-likeness (QED) is 0.767. The lowest BCUT2D eigenvalue weighted by Gasteiger charge is -2.22. The van der Waals surface area contributed by atoms with Gasteiger partial charge in [-0.15, -0.1) is 0 Å². The first kappa shape index (κ1) is 11.9. The number of halogens is 2. The smallest absolute Gasteiger partial charge is 0.130 e. The van der Waals surface area contributed by atoms with Crippen LogP contribution in [-0.4, -0.2) is 6.10 Å².